The Labute approximate surface area is 140 Å². The molecule has 2 rings (SSSR count). The zero-order valence-electron chi connectivity index (χ0n) is 13.3. The molecule has 1 aromatic carbocycles. The number of nitrogens with zero attached hydrogens (tertiary/aromatic N) is 1. The fourth-order valence-electron chi connectivity index (χ4n) is 1.96. The minimum atomic E-state index is -3.16. The van der Waals surface area contributed by atoms with Crippen LogP contribution < -0.4 is 14.2 Å². The molecule has 0 bridgehead atoms. The third-order valence-electron chi connectivity index (χ3n) is 3.27. The zero-order valence-corrected chi connectivity index (χ0v) is 15.0. The Hall–Kier alpha value is -1.64. The average molecular weight is 356 g/mol. The van der Waals surface area contributed by atoms with Crippen LogP contribution in [0, 0.1) is 0 Å². The monoisotopic (exact) mass is 356 g/mol. The number of hydrogen-bond donors (Lipinski definition) is 1. The molecule has 23 heavy (non-hydrogen) atoms. The lowest BCUT2D eigenvalue weighted by Gasteiger charge is -2.08. The molecule has 1 heterocycles. The van der Waals surface area contributed by atoms with Crippen LogP contribution in [0.3, 0.4) is 0 Å². The summed E-state index contributed by atoms with van der Waals surface area (Å²) in [6, 6.07) is 5.63. The molecule has 0 saturated heterocycles. The highest BCUT2D eigenvalue weighted by molar-refractivity contribution is 7.89. The van der Waals surface area contributed by atoms with Gasteiger partial charge in [0.15, 0.2) is 11.5 Å². The summed E-state index contributed by atoms with van der Waals surface area (Å²) < 4.78 is 35.8. The van der Waals surface area contributed by atoms with E-state index in [2.05, 4.69) is 9.71 Å². The lowest BCUT2D eigenvalue weighted by Crippen LogP contribution is -2.27. The minimum Gasteiger partial charge on any atom is -0.493 e. The molecule has 0 fully saturated rings. The van der Waals surface area contributed by atoms with Crippen molar-refractivity contribution in [3.63, 3.8) is 0 Å². The van der Waals surface area contributed by atoms with Gasteiger partial charge in [-0.1, -0.05) is 0 Å². The van der Waals surface area contributed by atoms with Crippen LogP contribution >= 0.6 is 11.3 Å². The highest BCUT2D eigenvalue weighted by Crippen LogP contribution is 2.33. The smallest absolute Gasteiger partial charge is 0.211 e. The maximum absolute atomic E-state index is 11.4. The average Bonchev–Trinajstić information content (AvgIpc) is 3.03. The van der Waals surface area contributed by atoms with Crippen molar-refractivity contribution in [1.29, 1.82) is 0 Å². The summed E-state index contributed by atoms with van der Waals surface area (Å²) in [4.78, 5) is 4.54. The van der Waals surface area contributed by atoms with Gasteiger partial charge < -0.3 is 9.47 Å². The molecule has 0 spiro atoms. The second kappa shape index (κ2) is 7.76. The highest BCUT2D eigenvalue weighted by Gasteiger charge is 2.10. The predicted molar refractivity (Wildman–Crippen MR) is 91.8 cm³/mol. The van der Waals surface area contributed by atoms with E-state index in [0.29, 0.717) is 24.5 Å². The molecule has 0 atom stereocenters. The van der Waals surface area contributed by atoms with Gasteiger partial charge in [-0.05, 0) is 25.1 Å². The summed E-state index contributed by atoms with van der Waals surface area (Å²) in [6.07, 6.45) is 0.559. The van der Waals surface area contributed by atoms with E-state index in [-0.39, 0.29) is 5.75 Å². The van der Waals surface area contributed by atoms with E-state index < -0.39 is 10.0 Å². The minimum absolute atomic E-state index is 0.0843. The van der Waals surface area contributed by atoms with Crippen molar-refractivity contribution in [2.45, 2.75) is 13.3 Å². The number of ether oxygens (including phenoxy) is 2. The number of benzene rings is 1. The molecule has 6 nitrogen and oxygen atoms in total. The van der Waals surface area contributed by atoms with Crippen LogP contribution in [-0.2, 0) is 16.4 Å². The topological polar surface area (TPSA) is 77.5 Å². The maximum Gasteiger partial charge on any atom is 0.211 e. The first-order valence-corrected chi connectivity index (χ1v) is 9.66. The standard InChI is InChI=1S/C15H20N2O4S2/c1-4-23(18,19)16-8-7-12-10-22-15(17-12)11-5-6-13(20-2)14(9-11)21-3/h5-6,9-10,16H,4,7-8H2,1-3H3. The van der Waals surface area contributed by atoms with E-state index in [0.717, 1.165) is 16.3 Å². The van der Waals surface area contributed by atoms with Crippen LogP contribution in [0.2, 0.25) is 0 Å². The molecule has 2 aromatic rings. The van der Waals surface area contributed by atoms with Gasteiger partial charge in [0, 0.05) is 23.9 Å². The van der Waals surface area contributed by atoms with Gasteiger partial charge in [-0.25, -0.2) is 18.1 Å². The molecule has 1 aromatic heterocycles. The first-order valence-electron chi connectivity index (χ1n) is 7.13. The molecule has 0 radical (unpaired) electrons. The largest absolute Gasteiger partial charge is 0.493 e. The van der Waals surface area contributed by atoms with Crippen LogP contribution in [0.25, 0.3) is 10.6 Å². The van der Waals surface area contributed by atoms with Gasteiger partial charge >= 0.3 is 0 Å². The predicted octanol–water partition coefficient (Wildman–Crippen LogP) is 2.31. The molecular weight excluding hydrogens is 336 g/mol. The number of sulfonamides is 1. The Morgan fingerprint density at radius 3 is 2.61 bits per heavy atom. The second-order valence-corrected chi connectivity index (χ2v) is 7.72. The van der Waals surface area contributed by atoms with Gasteiger partial charge in [-0.15, -0.1) is 11.3 Å². The van der Waals surface area contributed by atoms with Crippen LogP contribution in [0.4, 0.5) is 0 Å². The molecular formula is C15H20N2O4S2. The van der Waals surface area contributed by atoms with E-state index in [1.165, 1.54) is 11.3 Å². The molecule has 126 valence electrons. The Bertz CT molecular complexity index is 757. The summed E-state index contributed by atoms with van der Waals surface area (Å²) in [7, 11) is 0.0291. The van der Waals surface area contributed by atoms with E-state index in [4.69, 9.17) is 9.47 Å². The molecule has 0 aliphatic carbocycles. The summed E-state index contributed by atoms with van der Waals surface area (Å²) in [6.45, 7) is 1.96. The van der Waals surface area contributed by atoms with E-state index >= 15 is 0 Å². The van der Waals surface area contributed by atoms with Crippen molar-refractivity contribution >= 4 is 21.4 Å². The third kappa shape index (κ3) is 4.66. The SMILES string of the molecule is CCS(=O)(=O)NCCc1csc(-c2ccc(OC)c(OC)c2)n1. The van der Waals surface area contributed by atoms with Gasteiger partial charge in [0.25, 0.3) is 0 Å². The number of rotatable bonds is 8. The number of thiazole rings is 1. The Kier molecular flexibility index (Phi) is 5.97. The molecule has 8 heteroatoms. The van der Waals surface area contributed by atoms with Crippen LogP contribution in [0.15, 0.2) is 23.6 Å². The third-order valence-corrected chi connectivity index (χ3v) is 5.61. The first-order chi connectivity index (χ1) is 11.0. The number of methoxy groups -OCH3 is 2. The first kappa shape index (κ1) is 17.7. The lowest BCUT2D eigenvalue weighted by atomic mass is 10.2. The quantitative estimate of drug-likeness (QED) is 0.785. The molecule has 0 amide bonds. The molecule has 0 unspecified atom stereocenters. The van der Waals surface area contributed by atoms with Crippen molar-refractivity contribution < 1.29 is 17.9 Å². The van der Waals surface area contributed by atoms with Crippen LogP contribution in [0.1, 0.15) is 12.6 Å². The number of aromatic nitrogens is 1. The summed E-state index contributed by atoms with van der Waals surface area (Å²) in [5, 5.41) is 2.80. The van der Waals surface area contributed by atoms with E-state index in [9.17, 15) is 8.42 Å². The molecule has 0 saturated carbocycles. The fourth-order valence-corrected chi connectivity index (χ4v) is 3.43. The van der Waals surface area contributed by atoms with E-state index in [1.54, 1.807) is 21.1 Å². The van der Waals surface area contributed by atoms with Crippen LogP contribution in [0.5, 0.6) is 11.5 Å². The van der Waals surface area contributed by atoms with E-state index in [1.807, 2.05) is 23.6 Å². The van der Waals surface area contributed by atoms with Crippen molar-refractivity contribution in [1.82, 2.24) is 9.71 Å². The maximum atomic E-state index is 11.4. The van der Waals surface area contributed by atoms with Crippen molar-refractivity contribution in [3.05, 3.63) is 29.3 Å². The molecule has 0 aliphatic rings. The zero-order chi connectivity index (χ0) is 16.9. The van der Waals surface area contributed by atoms with Gasteiger partial charge in [0.1, 0.15) is 5.01 Å². The van der Waals surface area contributed by atoms with Gasteiger partial charge in [-0.2, -0.15) is 0 Å². The Morgan fingerprint density at radius 2 is 1.96 bits per heavy atom. The normalized spacial score (nSPS) is 11.4. The lowest BCUT2D eigenvalue weighted by molar-refractivity contribution is 0.355. The van der Waals surface area contributed by atoms with Gasteiger partial charge in [-0.3, -0.25) is 0 Å². The molecule has 1 N–H and O–H groups in total. The van der Waals surface area contributed by atoms with Crippen molar-refractivity contribution in [2.24, 2.45) is 0 Å². The highest BCUT2D eigenvalue weighted by atomic mass is 32.2. The Morgan fingerprint density at radius 1 is 1.22 bits per heavy atom. The summed E-state index contributed by atoms with van der Waals surface area (Å²) >= 11 is 1.51. The number of hydrogen-bond acceptors (Lipinski definition) is 6. The number of nitrogens with one attached hydrogen (secondary N) is 1. The fraction of sp³-hybridized carbons (Fsp3) is 0.400. The molecule has 0 aliphatic heterocycles. The van der Waals surface area contributed by atoms with Crippen molar-refractivity contribution in [3.8, 4) is 22.1 Å². The summed E-state index contributed by atoms with van der Waals surface area (Å²) in [5.74, 6) is 1.40. The van der Waals surface area contributed by atoms with Crippen molar-refractivity contribution in [2.75, 3.05) is 26.5 Å². The van der Waals surface area contributed by atoms with Crippen LogP contribution in [-0.4, -0.2) is 39.9 Å². The Balaban J connectivity index is 2.07. The van der Waals surface area contributed by atoms with Gasteiger partial charge in [0.2, 0.25) is 10.0 Å². The summed E-state index contributed by atoms with van der Waals surface area (Å²) in [5.41, 5.74) is 1.80. The van der Waals surface area contributed by atoms with Gasteiger partial charge in [0.05, 0.1) is 25.7 Å². The second-order valence-electron chi connectivity index (χ2n) is 4.76.